The Balaban J connectivity index is 2.38. The molecular formula is C11H11NO2S. The molecule has 0 saturated carbocycles. The summed E-state index contributed by atoms with van der Waals surface area (Å²) in [7, 11) is 0. The Bertz CT molecular complexity index is 429. The number of thioether (sulfide) groups is 1. The van der Waals surface area contributed by atoms with E-state index in [0.717, 1.165) is 22.5 Å². The van der Waals surface area contributed by atoms with E-state index in [1.807, 2.05) is 19.1 Å². The first kappa shape index (κ1) is 10.2. The number of benzene rings is 1. The van der Waals surface area contributed by atoms with Gasteiger partial charge >= 0.3 is 0 Å². The normalized spacial score (nSPS) is 20.1. The summed E-state index contributed by atoms with van der Waals surface area (Å²) in [6.45, 7) is 1.96. The lowest BCUT2D eigenvalue weighted by atomic mass is 10.1. The molecule has 3 nitrogen and oxygen atoms in total. The zero-order valence-corrected chi connectivity index (χ0v) is 9.12. The Morgan fingerprint density at radius 2 is 2.40 bits per heavy atom. The van der Waals surface area contributed by atoms with Gasteiger partial charge in [0, 0.05) is 11.3 Å². The van der Waals surface area contributed by atoms with Crippen LogP contribution in [0.5, 0.6) is 5.75 Å². The molecule has 1 N–H and O–H groups in total. The van der Waals surface area contributed by atoms with Gasteiger partial charge in [-0.05, 0) is 19.1 Å². The van der Waals surface area contributed by atoms with Crippen molar-refractivity contribution in [3.05, 3.63) is 29.3 Å². The van der Waals surface area contributed by atoms with Gasteiger partial charge in [-0.1, -0.05) is 11.6 Å². The quantitative estimate of drug-likeness (QED) is 0.774. The third kappa shape index (κ3) is 2.04. The first-order valence-electron chi connectivity index (χ1n) is 4.66. The molecule has 0 aromatic heterocycles. The van der Waals surface area contributed by atoms with E-state index in [1.54, 1.807) is 6.07 Å². The van der Waals surface area contributed by atoms with E-state index >= 15 is 0 Å². The van der Waals surface area contributed by atoms with E-state index < -0.39 is 0 Å². The summed E-state index contributed by atoms with van der Waals surface area (Å²) in [6.07, 6.45) is 0.840. The van der Waals surface area contributed by atoms with Crippen LogP contribution in [0, 0.1) is 6.92 Å². The number of phenolic OH excluding ortho intramolecular Hbond substituents is 1. The van der Waals surface area contributed by atoms with Gasteiger partial charge in [-0.25, -0.2) is 0 Å². The number of aliphatic imine (C=N–C) groups is 1. The number of hydrogen-bond acceptors (Lipinski definition) is 4. The molecule has 0 radical (unpaired) electrons. The van der Waals surface area contributed by atoms with Gasteiger partial charge in [0.05, 0.1) is 0 Å². The maximum atomic E-state index is 10.6. The first-order valence-corrected chi connectivity index (χ1v) is 5.65. The van der Waals surface area contributed by atoms with Crippen molar-refractivity contribution in [2.75, 3.05) is 5.75 Å². The fourth-order valence-corrected chi connectivity index (χ4v) is 2.44. The van der Waals surface area contributed by atoms with Gasteiger partial charge in [-0.3, -0.25) is 4.99 Å². The number of carbonyl (C=O) groups is 1. The van der Waals surface area contributed by atoms with Gasteiger partial charge in [0.1, 0.15) is 23.1 Å². The van der Waals surface area contributed by atoms with Crippen LogP contribution in [0.25, 0.3) is 0 Å². The molecule has 0 amide bonds. The van der Waals surface area contributed by atoms with Crippen molar-refractivity contribution in [1.82, 2.24) is 0 Å². The summed E-state index contributed by atoms with van der Waals surface area (Å²) in [6, 6.07) is 5.12. The van der Waals surface area contributed by atoms with Crippen LogP contribution in [0.4, 0.5) is 0 Å². The highest BCUT2D eigenvalue weighted by molar-refractivity contribution is 8.14. The minimum atomic E-state index is -0.259. The molecule has 2 rings (SSSR count). The van der Waals surface area contributed by atoms with Gasteiger partial charge in [-0.15, -0.1) is 11.8 Å². The summed E-state index contributed by atoms with van der Waals surface area (Å²) in [5, 5.41) is 10.4. The topological polar surface area (TPSA) is 49.7 Å². The number of hydrogen-bond donors (Lipinski definition) is 1. The molecule has 4 heteroatoms. The fourth-order valence-electron chi connectivity index (χ4n) is 1.43. The molecule has 78 valence electrons. The van der Waals surface area contributed by atoms with Crippen LogP contribution >= 0.6 is 11.8 Å². The summed E-state index contributed by atoms with van der Waals surface area (Å²) in [4.78, 5) is 14.8. The van der Waals surface area contributed by atoms with Crippen molar-refractivity contribution < 1.29 is 9.90 Å². The Kier molecular flexibility index (Phi) is 2.77. The predicted molar refractivity (Wildman–Crippen MR) is 61.7 cm³/mol. The number of aldehydes is 1. The molecular weight excluding hydrogens is 210 g/mol. The van der Waals surface area contributed by atoms with Crippen LogP contribution in [-0.2, 0) is 4.79 Å². The fraction of sp³-hybridized carbons (Fsp3) is 0.273. The highest BCUT2D eigenvalue weighted by atomic mass is 32.2. The average molecular weight is 221 g/mol. The second-order valence-electron chi connectivity index (χ2n) is 3.47. The summed E-state index contributed by atoms with van der Waals surface area (Å²) in [5.74, 6) is 0.894. The molecule has 1 atom stereocenters. The number of rotatable bonds is 2. The molecule has 1 aliphatic heterocycles. The van der Waals surface area contributed by atoms with Gasteiger partial charge in [0.2, 0.25) is 0 Å². The summed E-state index contributed by atoms with van der Waals surface area (Å²) >= 11 is 1.51. The molecule has 0 spiro atoms. The lowest BCUT2D eigenvalue weighted by Crippen LogP contribution is -2.03. The molecule has 1 aliphatic rings. The monoisotopic (exact) mass is 221 g/mol. The first-order chi connectivity index (χ1) is 7.20. The SMILES string of the molecule is Cc1ccc(O)c(C2=N[C@H](C=O)CS2)c1. The summed E-state index contributed by atoms with van der Waals surface area (Å²) < 4.78 is 0. The second kappa shape index (κ2) is 4.06. The summed E-state index contributed by atoms with van der Waals surface area (Å²) in [5.41, 5.74) is 1.80. The second-order valence-corrected chi connectivity index (χ2v) is 4.48. The maximum absolute atomic E-state index is 10.6. The Morgan fingerprint density at radius 3 is 3.07 bits per heavy atom. The minimum Gasteiger partial charge on any atom is -0.507 e. The van der Waals surface area contributed by atoms with Gasteiger partial charge in [0.25, 0.3) is 0 Å². The van der Waals surface area contributed by atoms with E-state index in [1.165, 1.54) is 11.8 Å². The van der Waals surface area contributed by atoms with Crippen LogP contribution < -0.4 is 0 Å². The molecule has 0 saturated heterocycles. The van der Waals surface area contributed by atoms with Crippen molar-refractivity contribution >= 4 is 23.1 Å². The zero-order chi connectivity index (χ0) is 10.8. The Labute approximate surface area is 92.2 Å². The molecule has 0 fully saturated rings. The third-order valence-electron chi connectivity index (χ3n) is 2.21. The largest absolute Gasteiger partial charge is 0.507 e. The highest BCUT2D eigenvalue weighted by Gasteiger charge is 2.20. The van der Waals surface area contributed by atoms with Crippen molar-refractivity contribution in [1.29, 1.82) is 0 Å². The van der Waals surface area contributed by atoms with Crippen LogP contribution in [-0.4, -0.2) is 28.2 Å². The molecule has 1 aromatic carbocycles. The molecule has 15 heavy (non-hydrogen) atoms. The molecule has 0 bridgehead atoms. The number of aromatic hydroxyl groups is 1. The van der Waals surface area contributed by atoms with Crippen molar-refractivity contribution in [2.45, 2.75) is 13.0 Å². The smallest absolute Gasteiger partial charge is 0.145 e. The number of aryl methyl sites for hydroxylation is 1. The van der Waals surface area contributed by atoms with Crippen LogP contribution in [0.1, 0.15) is 11.1 Å². The van der Waals surface area contributed by atoms with Crippen LogP contribution in [0.2, 0.25) is 0 Å². The number of carbonyl (C=O) groups excluding carboxylic acids is 1. The van der Waals surface area contributed by atoms with E-state index in [2.05, 4.69) is 4.99 Å². The van der Waals surface area contributed by atoms with Crippen molar-refractivity contribution in [3.8, 4) is 5.75 Å². The highest BCUT2D eigenvalue weighted by Crippen LogP contribution is 2.28. The van der Waals surface area contributed by atoms with Crippen LogP contribution in [0.15, 0.2) is 23.2 Å². The Hall–Kier alpha value is -1.29. The van der Waals surface area contributed by atoms with Gasteiger partial charge in [0.15, 0.2) is 0 Å². The lowest BCUT2D eigenvalue weighted by Gasteiger charge is -2.04. The van der Waals surface area contributed by atoms with E-state index in [0.29, 0.717) is 5.75 Å². The van der Waals surface area contributed by atoms with E-state index in [9.17, 15) is 9.90 Å². The molecule has 0 unspecified atom stereocenters. The standard InChI is InChI=1S/C11H11NO2S/c1-7-2-3-10(14)9(4-7)11-12-8(5-13)6-15-11/h2-5,8,14H,6H2,1H3/t8-/m1/s1. The maximum Gasteiger partial charge on any atom is 0.145 e. The van der Waals surface area contributed by atoms with E-state index in [4.69, 9.17) is 0 Å². The van der Waals surface area contributed by atoms with E-state index in [-0.39, 0.29) is 11.8 Å². The third-order valence-corrected chi connectivity index (χ3v) is 3.32. The predicted octanol–water partition coefficient (Wildman–Crippen LogP) is 1.76. The van der Waals surface area contributed by atoms with Crippen LogP contribution in [0.3, 0.4) is 0 Å². The molecule has 1 aromatic rings. The lowest BCUT2D eigenvalue weighted by molar-refractivity contribution is -0.108. The minimum absolute atomic E-state index is 0.221. The zero-order valence-electron chi connectivity index (χ0n) is 8.30. The van der Waals surface area contributed by atoms with Crippen molar-refractivity contribution in [2.24, 2.45) is 4.99 Å². The van der Waals surface area contributed by atoms with Crippen molar-refractivity contribution in [3.63, 3.8) is 0 Å². The average Bonchev–Trinajstić information content (AvgIpc) is 2.70. The van der Waals surface area contributed by atoms with Gasteiger partial charge < -0.3 is 9.90 Å². The molecule has 0 aliphatic carbocycles. The number of phenols is 1. The Morgan fingerprint density at radius 1 is 1.60 bits per heavy atom. The van der Waals surface area contributed by atoms with Gasteiger partial charge in [-0.2, -0.15) is 0 Å². The molecule has 1 heterocycles. The number of nitrogens with zero attached hydrogens (tertiary/aromatic N) is 1.